The zero-order valence-electron chi connectivity index (χ0n) is 21.0. The molecule has 1 atom stereocenters. The lowest BCUT2D eigenvalue weighted by Crippen LogP contribution is -2.36. The number of benzene rings is 2. The summed E-state index contributed by atoms with van der Waals surface area (Å²) < 4.78 is 0. The van der Waals surface area contributed by atoms with Gasteiger partial charge in [-0.15, -0.1) is 0 Å². The van der Waals surface area contributed by atoms with Crippen LogP contribution in [0.1, 0.15) is 66.1 Å². The molecule has 0 spiro atoms. The largest absolute Gasteiger partial charge is 0.357 e. The van der Waals surface area contributed by atoms with Crippen LogP contribution in [0, 0.1) is 5.41 Å². The van der Waals surface area contributed by atoms with E-state index in [1.54, 1.807) is 37.4 Å². The number of allylic oxidation sites excluding steroid dienone is 3. The molecule has 0 radical (unpaired) electrons. The van der Waals surface area contributed by atoms with Crippen LogP contribution < -0.4 is 10.2 Å². The van der Waals surface area contributed by atoms with Crippen molar-refractivity contribution in [3.63, 3.8) is 0 Å². The zero-order valence-corrected chi connectivity index (χ0v) is 21.0. The van der Waals surface area contributed by atoms with Crippen LogP contribution in [-0.2, 0) is 4.79 Å². The number of pyridine rings is 1. The Hall–Kier alpha value is -4.32. The number of hydrogen-bond acceptors (Lipinski definition) is 6. The van der Waals surface area contributed by atoms with Gasteiger partial charge in [-0.3, -0.25) is 19.4 Å². The minimum atomic E-state index is -0.604. The van der Waals surface area contributed by atoms with Crippen molar-refractivity contribution in [3.8, 4) is 0 Å². The van der Waals surface area contributed by atoms with Crippen LogP contribution in [0.4, 0.5) is 11.4 Å². The molecule has 0 bridgehead atoms. The predicted molar refractivity (Wildman–Crippen MR) is 142 cm³/mol. The first kappa shape index (κ1) is 23.1. The van der Waals surface area contributed by atoms with Gasteiger partial charge in [-0.1, -0.05) is 56.3 Å². The summed E-state index contributed by atoms with van der Waals surface area (Å²) in [5, 5.41) is 3.56. The van der Waals surface area contributed by atoms with E-state index >= 15 is 0 Å². The molecule has 1 aromatic heterocycles. The quantitative estimate of drug-likeness (QED) is 0.349. The fraction of sp³-hybridized carbons (Fsp3) is 0.226. The molecular formula is C31H27N3O3. The van der Waals surface area contributed by atoms with E-state index in [-0.39, 0.29) is 28.3 Å². The van der Waals surface area contributed by atoms with Gasteiger partial charge in [0.2, 0.25) is 0 Å². The summed E-state index contributed by atoms with van der Waals surface area (Å²) in [6, 6.07) is 19.7. The molecule has 2 aliphatic carbocycles. The van der Waals surface area contributed by atoms with Crippen molar-refractivity contribution in [1.29, 1.82) is 0 Å². The van der Waals surface area contributed by atoms with Crippen molar-refractivity contribution in [2.45, 2.75) is 39.7 Å². The second-order valence-electron chi connectivity index (χ2n) is 10.7. The maximum absolute atomic E-state index is 13.8. The minimum absolute atomic E-state index is 0.0392. The number of fused-ring (bicyclic) bond motifs is 2. The van der Waals surface area contributed by atoms with Crippen molar-refractivity contribution in [2.24, 2.45) is 5.41 Å². The standard InChI is InChI=1S/C31H27N3O3/c1-18(26-29(36)19-10-4-5-11-20(19)30(26)37)34-24-14-7-6-12-21(24)33-23-16-31(2,3)17-25(35)27(23)28(34)22-13-8-9-15-32-22/h4-15,28,33H,16-17H2,1-3H3. The predicted octanol–water partition coefficient (Wildman–Crippen LogP) is 6.05. The Balaban J connectivity index is 1.65. The second-order valence-corrected chi connectivity index (χ2v) is 10.7. The number of aromatic nitrogens is 1. The number of rotatable bonds is 2. The topological polar surface area (TPSA) is 79.4 Å². The number of Topliss-reactive ketones (excluding diaryl/α,β-unsaturated/α-hetero) is 3. The average molecular weight is 490 g/mol. The van der Waals surface area contributed by atoms with E-state index in [4.69, 9.17) is 0 Å². The molecule has 6 rings (SSSR count). The lowest BCUT2D eigenvalue weighted by atomic mass is 9.73. The first-order valence-electron chi connectivity index (χ1n) is 12.5. The maximum Gasteiger partial charge on any atom is 0.199 e. The van der Waals surface area contributed by atoms with E-state index in [0.717, 1.165) is 17.1 Å². The number of hydrogen-bond donors (Lipinski definition) is 1. The summed E-state index contributed by atoms with van der Waals surface area (Å²) in [5.74, 6) is -0.548. The van der Waals surface area contributed by atoms with Crippen LogP contribution in [-0.4, -0.2) is 22.3 Å². The van der Waals surface area contributed by atoms with Crippen LogP contribution in [0.25, 0.3) is 0 Å². The van der Waals surface area contributed by atoms with Crippen molar-refractivity contribution in [3.05, 3.63) is 112 Å². The summed E-state index contributed by atoms with van der Waals surface area (Å²) in [6.45, 7) is 5.99. The van der Waals surface area contributed by atoms with E-state index in [1.165, 1.54) is 0 Å². The fourth-order valence-corrected chi connectivity index (χ4v) is 5.88. The number of carbonyl (C=O) groups is 3. The van der Waals surface area contributed by atoms with Crippen molar-refractivity contribution < 1.29 is 14.4 Å². The molecule has 3 aromatic rings. The Morgan fingerprint density at radius 2 is 1.54 bits per heavy atom. The third kappa shape index (κ3) is 3.63. The smallest absolute Gasteiger partial charge is 0.199 e. The Bertz CT molecular complexity index is 1510. The summed E-state index contributed by atoms with van der Waals surface area (Å²) in [5.41, 5.74) is 5.01. The van der Waals surface area contributed by atoms with E-state index < -0.39 is 6.04 Å². The number of ketones is 3. The van der Waals surface area contributed by atoms with E-state index in [0.29, 0.717) is 40.9 Å². The van der Waals surface area contributed by atoms with Gasteiger partial charge in [-0.25, -0.2) is 0 Å². The van der Waals surface area contributed by atoms with Gasteiger partial charge in [-0.05, 0) is 43.0 Å². The van der Waals surface area contributed by atoms with Crippen LogP contribution in [0.5, 0.6) is 0 Å². The van der Waals surface area contributed by atoms with Gasteiger partial charge in [0.15, 0.2) is 17.3 Å². The van der Waals surface area contributed by atoms with E-state index in [2.05, 4.69) is 24.1 Å². The van der Waals surface area contributed by atoms with Crippen LogP contribution in [0.15, 0.2) is 95.5 Å². The molecule has 2 aromatic carbocycles. The normalized spacial score (nSPS) is 20.2. The molecule has 1 N–H and O–H groups in total. The zero-order chi connectivity index (χ0) is 25.9. The molecule has 1 unspecified atom stereocenters. The monoisotopic (exact) mass is 489 g/mol. The third-order valence-corrected chi connectivity index (χ3v) is 7.46. The van der Waals surface area contributed by atoms with Crippen LogP contribution >= 0.6 is 0 Å². The van der Waals surface area contributed by atoms with Crippen LogP contribution in [0.2, 0.25) is 0 Å². The van der Waals surface area contributed by atoms with Crippen molar-refractivity contribution in [1.82, 2.24) is 4.98 Å². The molecule has 0 amide bonds. The summed E-state index contributed by atoms with van der Waals surface area (Å²) in [4.78, 5) is 47.6. The molecule has 6 heteroatoms. The first-order valence-corrected chi connectivity index (χ1v) is 12.5. The Kier molecular flexibility index (Phi) is 5.23. The number of anilines is 2. The number of para-hydroxylation sites is 2. The van der Waals surface area contributed by atoms with Gasteiger partial charge in [0, 0.05) is 40.7 Å². The molecule has 0 saturated heterocycles. The lowest BCUT2D eigenvalue weighted by Gasteiger charge is -2.38. The van der Waals surface area contributed by atoms with E-state index in [1.807, 2.05) is 47.4 Å². The van der Waals surface area contributed by atoms with Gasteiger partial charge in [-0.2, -0.15) is 0 Å². The number of nitrogens with one attached hydrogen (secondary N) is 1. The molecule has 184 valence electrons. The molecule has 3 aliphatic rings. The van der Waals surface area contributed by atoms with E-state index in [9.17, 15) is 14.4 Å². The lowest BCUT2D eigenvalue weighted by molar-refractivity contribution is -0.118. The maximum atomic E-state index is 13.8. The Morgan fingerprint density at radius 1 is 0.892 bits per heavy atom. The molecular weight excluding hydrogens is 462 g/mol. The minimum Gasteiger partial charge on any atom is -0.357 e. The Labute approximate surface area is 215 Å². The SMILES string of the molecule is CC(=C1C(=O)c2ccccc2C1=O)N1c2ccccc2NC2=C(C(=O)CC(C)(C)C2)C1c1ccccn1. The van der Waals surface area contributed by atoms with Crippen molar-refractivity contribution in [2.75, 3.05) is 10.2 Å². The molecule has 0 saturated carbocycles. The molecule has 1 aliphatic heterocycles. The highest BCUT2D eigenvalue weighted by Gasteiger charge is 2.44. The number of carbonyl (C=O) groups excluding carboxylic acids is 3. The highest BCUT2D eigenvalue weighted by molar-refractivity contribution is 6.40. The fourth-order valence-electron chi connectivity index (χ4n) is 5.88. The summed E-state index contributed by atoms with van der Waals surface area (Å²) in [7, 11) is 0. The molecule has 2 heterocycles. The molecule has 0 fully saturated rings. The average Bonchev–Trinajstić information content (AvgIpc) is 3.03. The molecule has 37 heavy (non-hydrogen) atoms. The second kappa shape index (κ2) is 8.37. The number of nitrogens with zero attached hydrogens (tertiary/aromatic N) is 2. The van der Waals surface area contributed by atoms with Gasteiger partial charge in [0.05, 0.1) is 22.6 Å². The summed E-state index contributed by atoms with van der Waals surface area (Å²) in [6.07, 6.45) is 2.80. The van der Waals surface area contributed by atoms with Gasteiger partial charge in [0.1, 0.15) is 6.04 Å². The van der Waals surface area contributed by atoms with Gasteiger partial charge >= 0.3 is 0 Å². The molecule has 6 nitrogen and oxygen atoms in total. The Morgan fingerprint density at radius 3 is 2.22 bits per heavy atom. The summed E-state index contributed by atoms with van der Waals surface area (Å²) >= 11 is 0. The van der Waals surface area contributed by atoms with Gasteiger partial charge in [0.25, 0.3) is 0 Å². The van der Waals surface area contributed by atoms with Gasteiger partial charge < -0.3 is 10.2 Å². The highest BCUT2D eigenvalue weighted by atomic mass is 16.2. The van der Waals surface area contributed by atoms with Crippen LogP contribution in [0.3, 0.4) is 0 Å². The first-order chi connectivity index (χ1) is 17.8. The third-order valence-electron chi connectivity index (χ3n) is 7.46. The highest BCUT2D eigenvalue weighted by Crippen LogP contribution is 2.49. The van der Waals surface area contributed by atoms with Crippen molar-refractivity contribution >= 4 is 28.7 Å².